The molecule has 0 aliphatic rings. The summed E-state index contributed by atoms with van der Waals surface area (Å²) in [4.78, 5) is 4.08. The Morgan fingerprint density at radius 1 is 1.35 bits per heavy atom. The summed E-state index contributed by atoms with van der Waals surface area (Å²) in [7, 11) is 3.35. The quantitative estimate of drug-likeness (QED) is 0.337. The lowest BCUT2D eigenvalue weighted by molar-refractivity contribution is 0.408. The summed E-state index contributed by atoms with van der Waals surface area (Å²) in [5, 5.41) is 6.22. The summed E-state index contributed by atoms with van der Waals surface area (Å²) < 4.78 is 17.4. The van der Waals surface area contributed by atoms with Crippen molar-refractivity contribution in [3.05, 3.63) is 29.3 Å². The van der Waals surface area contributed by atoms with Gasteiger partial charge in [0.2, 0.25) is 0 Å². The highest BCUT2D eigenvalue weighted by atomic mass is 127. The van der Waals surface area contributed by atoms with E-state index < -0.39 is 0 Å². The highest BCUT2D eigenvalue weighted by Gasteiger charge is 2.04. The summed E-state index contributed by atoms with van der Waals surface area (Å²) in [6.07, 6.45) is 0.481. The first-order valence-corrected chi connectivity index (χ1v) is 6.35. The van der Waals surface area contributed by atoms with Gasteiger partial charge in [-0.1, -0.05) is 12.1 Å². The molecule has 0 atom stereocenters. The Morgan fingerprint density at radius 3 is 2.70 bits per heavy atom. The third kappa shape index (κ3) is 6.40. The molecule has 0 aliphatic carbocycles. The fourth-order valence-electron chi connectivity index (χ4n) is 1.67. The first-order valence-electron chi connectivity index (χ1n) is 6.35. The Labute approximate surface area is 137 Å². The van der Waals surface area contributed by atoms with Gasteiger partial charge in [0.25, 0.3) is 0 Å². The lowest BCUT2D eigenvalue weighted by Crippen LogP contribution is -2.37. The minimum Gasteiger partial charge on any atom is -0.496 e. The van der Waals surface area contributed by atoms with Crippen molar-refractivity contribution < 1.29 is 9.13 Å². The van der Waals surface area contributed by atoms with E-state index >= 15 is 0 Å². The van der Waals surface area contributed by atoms with Gasteiger partial charge in [-0.25, -0.2) is 0 Å². The van der Waals surface area contributed by atoms with Crippen LogP contribution in [0.1, 0.15) is 17.5 Å². The van der Waals surface area contributed by atoms with Gasteiger partial charge in [0.05, 0.1) is 13.8 Å². The molecule has 0 aromatic heterocycles. The van der Waals surface area contributed by atoms with E-state index in [1.165, 1.54) is 0 Å². The molecule has 20 heavy (non-hydrogen) atoms. The van der Waals surface area contributed by atoms with E-state index in [0.29, 0.717) is 25.5 Å². The number of hydrogen-bond acceptors (Lipinski definition) is 2. The Kier molecular flexibility index (Phi) is 10.1. The van der Waals surface area contributed by atoms with Crippen LogP contribution in [0.4, 0.5) is 4.39 Å². The molecule has 0 aliphatic heterocycles. The molecule has 0 bridgehead atoms. The molecule has 0 saturated carbocycles. The molecular formula is C14H23FIN3O. The maximum absolute atomic E-state index is 12.0. The Morgan fingerprint density at radius 2 is 2.10 bits per heavy atom. The number of nitrogens with zero attached hydrogens (tertiary/aromatic N) is 1. The van der Waals surface area contributed by atoms with Gasteiger partial charge in [-0.05, 0) is 25.0 Å². The maximum atomic E-state index is 12.0. The van der Waals surface area contributed by atoms with Crippen molar-refractivity contribution in [2.45, 2.75) is 19.9 Å². The predicted molar refractivity (Wildman–Crippen MR) is 91.9 cm³/mol. The number of methoxy groups -OCH3 is 1. The molecule has 4 nitrogen and oxygen atoms in total. The zero-order valence-electron chi connectivity index (χ0n) is 12.2. The minimum absolute atomic E-state index is 0. The number of hydrogen-bond donors (Lipinski definition) is 2. The van der Waals surface area contributed by atoms with Crippen LogP contribution in [0.3, 0.4) is 0 Å². The largest absolute Gasteiger partial charge is 0.496 e. The van der Waals surface area contributed by atoms with Crippen LogP contribution in [-0.2, 0) is 6.54 Å². The third-order valence-electron chi connectivity index (χ3n) is 2.72. The lowest BCUT2D eigenvalue weighted by Gasteiger charge is -2.13. The number of halogens is 2. The number of benzene rings is 1. The molecule has 0 saturated heterocycles. The topological polar surface area (TPSA) is 45.7 Å². The average Bonchev–Trinajstić information content (AvgIpc) is 2.43. The Balaban J connectivity index is 0.00000361. The van der Waals surface area contributed by atoms with E-state index in [2.05, 4.69) is 15.6 Å². The Bertz CT molecular complexity index is 427. The smallest absolute Gasteiger partial charge is 0.191 e. The summed E-state index contributed by atoms with van der Waals surface area (Å²) >= 11 is 0. The first kappa shape index (κ1) is 18.9. The van der Waals surface area contributed by atoms with Gasteiger partial charge in [0, 0.05) is 25.7 Å². The summed E-state index contributed by atoms with van der Waals surface area (Å²) in [5.41, 5.74) is 2.22. The molecular weight excluding hydrogens is 372 g/mol. The van der Waals surface area contributed by atoms with E-state index in [0.717, 1.165) is 16.9 Å². The minimum atomic E-state index is -0.324. The average molecular weight is 395 g/mol. The third-order valence-corrected chi connectivity index (χ3v) is 2.72. The van der Waals surface area contributed by atoms with Crippen LogP contribution in [0.25, 0.3) is 0 Å². The molecule has 1 aromatic carbocycles. The summed E-state index contributed by atoms with van der Waals surface area (Å²) in [5.74, 6) is 1.52. The van der Waals surface area contributed by atoms with Gasteiger partial charge in [-0.2, -0.15) is 0 Å². The second kappa shape index (κ2) is 10.7. The summed E-state index contributed by atoms with van der Waals surface area (Å²) in [6.45, 7) is 2.88. The number of rotatable bonds is 6. The van der Waals surface area contributed by atoms with Crippen LogP contribution in [0, 0.1) is 6.92 Å². The van der Waals surface area contributed by atoms with Gasteiger partial charge in [-0.15, -0.1) is 24.0 Å². The molecule has 6 heteroatoms. The van der Waals surface area contributed by atoms with E-state index in [4.69, 9.17) is 4.74 Å². The number of guanidine groups is 1. The molecule has 1 aromatic rings. The predicted octanol–water partition coefficient (Wildman–Crippen LogP) is 2.65. The van der Waals surface area contributed by atoms with Crippen LogP contribution in [-0.4, -0.2) is 33.3 Å². The molecule has 1 rings (SSSR count). The van der Waals surface area contributed by atoms with Gasteiger partial charge < -0.3 is 15.4 Å². The number of ether oxygens (including phenoxy) is 1. The van der Waals surface area contributed by atoms with Crippen LogP contribution < -0.4 is 15.4 Å². The van der Waals surface area contributed by atoms with Gasteiger partial charge >= 0.3 is 0 Å². The highest BCUT2D eigenvalue weighted by Crippen LogP contribution is 2.19. The normalized spacial score (nSPS) is 10.7. The number of aryl methyl sites for hydroxylation is 1. The number of alkyl halides is 1. The van der Waals surface area contributed by atoms with E-state index in [-0.39, 0.29) is 30.7 Å². The van der Waals surface area contributed by atoms with Crippen LogP contribution in [0.5, 0.6) is 5.75 Å². The van der Waals surface area contributed by atoms with Crippen LogP contribution in [0.2, 0.25) is 0 Å². The molecule has 2 N–H and O–H groups in total. The zero-order valence-corrected chi connectivity index (χ0v) is 14.5. The SMILES string of the molecule is CN=C(NCCCF)NCc1ccc(C)cc1OC.I. The monoisotopic (exact) mass is 395 g/mol. The lowest BCUT2D eigenvalue weighted by atomic mass is 10.1. The second-order valence-electron chi connectivity index (χ2n) is 4.21. The fraction of sp³-hybridized carbons (Fsp3) is 0.500. The fourth-order valence-corrected chi connectivity index (χ4v) is 1.67. The molecule has 0 radical (unpaired) electrons. The van der Waals surface area contributed by atoms with Crippen molar-refractivity contribution in [3.63, 3.8) is 0 Å². The molecule has 0 spiro atoms. The molecule has 0 unspecified atom stereocenters. The molecule has 0 amide bonds. The van der Waals surface area contributed by atoms with Crippen molar-refractivity contribution in [1.82, 2.24) is 10.6 Å². The first-order chi connectivity index (χ1) is 9.21. The second-order valence-corrected chi connectivity index (χ2v) is 4.21. The standard InChI is InChI=1S/C14H22FN3O.HI/c1-11-5-6-12(13(9-11)19-3)10-18-14(16-2)17-8-4-7-15;/h5-6,9H,4,7-8,10H2,1-3H3,(H2,16,17,18);1H. The van der Waals surface area contributed by atoms with E-state index in [1.807, 2.05) is 25.1 Å². The van der Waals surface area contributed by atoms with Gasteiger partial charge in [-0.3, -0.25) is 9.38 Å². The van der Waals surface area contributed by atoms with Crippen LogP contribution in [0.15, 0.2) is 23.2 Å². The molecule has 114 valence electrons. The van der Waals surface area contributed by atoms with Gasteiger partial charge in [0.15, 0.2) is 5.96 Å². The van der Waals surface area contributed by atoms with Crippen molar-refractivity contribution >= 4 is 29.9 Å². The number of nitrogens with one attached hydrogen (secondary N) is 2. The van der Waals surface area contributed by atoms with Crippen LogP contribution >= 0.6 is 24.0 Å². The van der Waals surface area contributed by atoms with Crippen molar-refractivity contribution in [3.8, 4) is 5.75 Å². The Hall–Kier alpha value is -1.05. The molecule has 0 heterocycles. The summed E-state index contributed by atoms with van der Waals surface area (Å²) in [6, 6.07) is 6.06. The van der Waals surface area contributed by atoms with Crippen molar-refractivity contribution in [2.75, 3.05) is 27.4 Å². The molecule has 0 fully saturated rings. The maximum Gasteiger partial charge on any atom is 0.191 e. The van der Waals surface area contributed by atoms with E-state index in [9.17, 15) is 4.39 Å². The number of aliphatic imine (C=N–C) groups is 1. The van der Waals surface area contributed by atoms with Crippen molar-refractivity contribution in [2.24, 2.45) is 4.99 Å². The van der Waals surface area contributed by atoms with Crippen molar-refractivity contribution in [1.29, 1.82) is 0 Å². The highest BCUT2D eigenvalue weighted by molar-refractivity contribution is 14.0. The van der Waals surface area contributed by atoms with Gasteiger partial charge in [0.1, 0.15) is 5.75 Å². The van der Waals surface area contributed by atoms with E-state index in [1.54, 1.807) is 14.2 Å². The zero-order chi connectivity index (χ0) is 14.1.